The fraction of sp³-hybridized carbons (Fsp3) is 0.533. The largest absolute Gasteiger partial charge is 0.342 e. The molecule has 1 saturated carbocycles. The number of carbonyl (C=O) groups excluding carboxylic acids is 1. The first-order chi connectivity index (χ1) is 8.12. The first kappa shape index (κ1) is 10.8. The van der Waals surface area contributed by atoms with Gasteiger partial charge in [0.2, 0.25) is 0 Å². The Labute approximate surface area is 102 Å². The zero-order valence-corrected chi connectivity index (χ0v) is 10.6. The van der Waals surface area contributed by atoms with E-state index in [1.807, 2.05) is 6.92 Å². The van der Waals surface area contributed by atoms with Gasteiger partial charge in [-0.15, -0.1) is 0 Å². The minimum atomic E-state index is -0.0402. The highest BCUT2D eigenvalue weighted by Crippen LogP contribution is 2.43. The maximum Gasteiger partial charge on any atom is 0.252 e. The van der Waals surface area contributed by atoms with E-state index >= 15 is 0 Å². The van der Waals surface area contributed by atoms with Crippen LogP contribution in [-0.4, -0.2) is 5.91 Å². The van der Waals surface area contributed by atoms with E-state index in [0.29, 0.717) is 0 Å². The van der Waals surface area contributed by atoms with Crippen LogP contribution in [0, 0.1) is 13.8 Å². The smallest absolute Gasteiger partial charge is 0.252 e. The summed E-state index contributed by atoms with van der Waals surface area (Å²) in [6, 6.07) is 4.33. The number of nitrogens with one attached hydrogen (secondary N) is 1. The van der Waals surface area contributed by atoms with E-state index in [-0.39, 0.29) is 11.4 Å². The van der Waals surface area contributed by atoms with Crippen molar-refractivity contribution in [3.8, 4) is 0 Å². The number of rotatable bonds is 0. The van der Waals surface area contributed by atoms with Crippen molar-refractivity contribution in [1.82, 2.24) is 5.32 Å². The SMILES string of the molecule is Cc1cc(C)c2c(c1)C1(CCCCC1)NC2=O. The molecule has 1 aliphatic heterocycles. The van der Waals surface area contributed by atoms with Crippen LogP contribution in [0.5, 0.6) is 0 Å². The minimum Gasteiger partial charge on any atom is -0.342 e. The number of hydrogen-bond acceptors (Lipinski definition) is 1. The molecule has 90 valence electrons. The summed E-state index contributed by atoms with van der Waals surface area (Å²) in [5.41, 5.74) is 4.56. The average Bonchev–Trinajstić information content (AvgIpc) is 2.53. The lowest BCUT2D eigenvalue weighted by molar-refractivity contribution is 0.0909. The molecule has 1 heterocycles. The van der Waals surface area contributed by atoms with Crippen molar-refractivity contribution in [3.05, 3.63) is 34.4 Å². The van der Waals surface area contributed by atoms with Crippen LogP contribution in [0.3, 0.4) is 0 Å². The molecule has 1 fully saturated rings. The summed E-state index contributed by atoms with van der Waals surface area (Å²) >= 11 is 0. The summed E-state index contributed by atoms with van der Waals surface area (Å²) < 4.78 is 0. The average molecular weight is 229 g/mol. The number of hydrogen-bond donors (Lipinski definition) is 1. The molecule has 2 nitrogen and oxygen atoms in total. The van der Waals surface area contributed by atoms with Crippen LogP contribution in [0.4, 0.5) is 0 Å². The molecule has 1 aromatic rings. The molecule has 2 aliphatic rings. The minimum absolute atomic E-state index is 0.0402. The molecule has 1 N–H and O–H groups in total. The first-order valence-corrected chi connectivity index (χ1v) is 6.57. The second-order valence-electron chi connectivity index (χ2n) is 5.60. The molecule has 2 heteroatoms. The van der Waals surface area contributed by atoms with Crippen molar-refractivity contribution in [3.63, 3.8) is 0 Å². The van der Waals surface area contributed by atoms with Gasteiger partial charge < -0.3 is 5.32 Å². The molecule has 0 radical (unpaired) electrons. The second kappa shape index (κ2) is 3.59. The standard InChI is InChI=1S/C15H19NO/c1-10-8-11(2)13-12(9-10)15(16-14(13)17)6-4-3-5-7-15/h8-9H,3-7H2,1-2H3,(H,16,17). The molecule has 17 heavy (non-hydrogen) atoms. The highest BCUT2D eigenvalue weighted by molar-refractivity contribution is 6.01. The maximum atomic E-state index is 12.2. The van der Waals surface area contributed by atoms with E-state index in [1.165, 1.54) is 30.4 Å². The first-order valence-electron chi connectivity index (χ1n) is 6.57. The van der Waals surface area contributed by atoms with Gasteiger partial charge in [-0.05, 0) is 37.8 Å². The summed E-state index contributed by atoms with van der Waals surface area (Å²) in [6.45, 7) is 4.17. The fourth-order valence-electron chi connectivity index (χ4n) is 3.54. The number of carbonyl (C=O) groups is 1. The van der Waals surface area contributed by atoms with Crippen LogP contribution in [0.25, 0.3) is 0 Å². The van der Waals surface area contributed by atoms with Gasteiger partial charge in [-0.1, -0.05) is 37.0 Å². The molecule has 1 amide bonds. The summed E-state index contributed by atoms with van der Waals surface area (Å²) in [5.74, 6) is 0.138. The van der Waals surface area contributed by atoms with Gasteiger partial charge in [0.05, 0.1) is 5.54 Å². The monoisotopic (exact) mass is 229 g/mol. The fourth-order valence-corrected chi connectivity index (χ4v) is 3.54. The number of benzene rings is 1. The van der Waals surface area contributed by atoms with Crippen molar-refractivity contribution in [2.24, 2.45) is 0 Å². The number of fused-ring (bicyclic) bond motifs is 2. The number of amides is 1. The van der Waals surface area contributed by atoms with Crippen LogP contribution in [0.1, 0.15) is 59.2 Å². The van der Waals surface area contributed by atoms with Gasteiger partial charge in [-0.3, -0.25) is 4.79 Å². The summed E-state index contributed by atoms with van der Waals surface area (Å²) in [6.07, 6.45) is 5.97. The third kappa shape index (κ3) is 1.50. The van der Waals surface area contributed by atoms with E-state index in [2.05, 4.69) is 24.4 Å². The van der Waals surface area contributed by atoms with Crippen LogP contribution in [-0.2, 0) is 5.54 Å². The van der Waals surface area contributed by atoms with Gasteiger partial charge in [0, 0.05) is 5.56 Å². The topological polar surface area (TPSA) is 29.1 Å². The Kier molecular flexibility index (Phi) is 2.29. The third-order valence-electron chi connectivity index (χ3n) is 4.28. The van der Waals surface area contributed by atoms with Crippen molar-refractivity contribution in [1.29, 1.82) is 0 Å². The van der Waals surface area contributed by atoms with Crippen molar-refractivity contribution < 1.29 is 4.79 Å². The Morgan fingerprint density at radius 2 is 1.82 bits per heavy atom. The van der Waals surface area contributed by atoms with E-state index < -0.39 is 0 Å². The van der Waals surface area contributed by atoms with Crippen molar-refractivity contribution in [2.75, 3.05) is 0 Å². The molecular weight excluding hydrogens is 210 g/mol. The lowest BCUT2D eigenvalue weighted by atomic mass is 9.76. The molecule has 1 spiro atoms. The summed E-state index contributed by atoms with van der Waals surface area (Å²) in [5, 5.41) is 3.26. The van der Waals surface area contributed by atoms with E-state index in [9.17, 15) is 4.79 Å². The molecule has 0 saturated heterocycles. The van der Waals surface area contributed by atoms with Gasteiger partial charge in [-0.2, -0.15) is 0 Å². The summed E-state index contributed by atoms with van der Waals surface area (Å²) in [4.78, 5) is 12.2. The summed E-state index contributed by atoms with van der Waals surface area (Å²) in [7, 11) is 0. The zero-order chi connectivity index (χ0) is 12.0. The van der Waals surface area contributed by atoms with E-state index in [4.69, 9.17) is 0 Å². The van der Waals surface area contributed by atoms with Gasteiger partial charge in [0.25, 0.3) is 5.91 Å². The molecule has 1 aliphatic carbocycles. The second-order valence-corrected chi connectivity index (χ2v) is 5.60. The lowest BCUT2D eigenvalue weighted by Crippen LogP contribution is -2.40. The van der Waals surface area contributed by atoms with Crippen molar-refractivity contribution >= 4 is 5.91 Å². The van der Waals surface area contributed by atoms with Crippen LogP contribution >= 0.6 is 0 Å². The Bertz CT molecular complexity index is 484. The number of aryl methyl sites for hydroxylation is 2. The van der Waals surface area contributed by atoms with Crippen molar-refractivity contribution in [2.45, 2.75) is 51.5 Å². The van der Waals surface area contributed by atoms with Gasteiger partial charge >= 0.3 is 0 Å². The predicted octanol–water partition coefficient (Wildman–Crippen LogP) is 3.21. The Morgan fingerprint density at radius 3 is 2.53 bits per heavy atom. The van der Waals surface area contributed by atoms with Crippen LogP contribution < -0.4 is 5.32 Å². The van der Waals surface area contributed by atoms with Gasteiger partial charge in [0.1, 0.15) is 0 Å². The molecule has 0 unspecified atom stereocenters. The normalized spacial score (nSPS) is 21.4. The van der Waals surface area contributed by atoms with Crippen LogP contribution in [0.2, 0.25) is 0 Å². The van der Waals surface area contributed by atoms with Crippen LogP contribution in [0.15, 0.2) is 12.1 Å². The van der Waals surface area contributed by atoms with Gasteiger partial charge in [0.15, 0.2) is 0 Å². The third-order valence-corrected chi connectivity index (χ3v) is 4.28. The molecule has 0 aromatic heterocycles. The van der Waals surface area contributed by atoms with Gasteiger partial charge in [-0.25, -0.2) is 0 Å². The Hall–Kier alpha value is -1.31. The Balaban J connectivity index is 2.18. The highest BCUT2D eigenvalue weighted by Gasteiger charge is 2.43. The molecule has 1 aromatic carbocycles. The molecule has 0 bridgehead atoms. The quantitative estimate of drug-likeness (QED) is 0.727. The lowest BCUT2D eigenvalue weighted by Gasteiger charge is -2.34. The highest BCUT2D eigenvalue weighted by atomic mass is 16.2. The maximum absolute atomic E-state index is 12.2. The zero-order valence-electron chi connectivity index (χ0n) is 10.6. The molecule has 3 rings (SSSR count). The van der Waals surface area contributed by atoms with E-state index in [0.717, 1.165) is 24.0 Å². The predicted molar refractivity (Wildman–Crippen MR) is 68.1 cm³/mol. The molecular formula is C15H19NO. The van der Waals surface area contributed by atoms with E-state index in [1.54, 1.807) is 0 Å². The molecule has 0 atom stereocenters. The Morgan fingerprint density at radius 1 is 1.12 bits per heavy atom.